The van der Waals surface area contributed by atoms with Crippen LogP contribution in [0.25, 0.3) is 10.9 Å². The van der Waals surface area contributed by atoms with Gasteiger partial charge in [0.05, 0.1) is 10.5 Å². The molecule has 3 aromatic rings. The Morgan fingerprint density at radius 1 is 1.00 bits per heavy atom. The SMILES string of the molecule is Cc1cc(C(=O)N2CCN(C(=O)c3ccc4c(Cl)c5c(nc4c3)CCCC5)CC2)no1. The first-order chi connectivity index (χ1) is 15.0. The van der Waals surface area contributed by atoms with Crippen LogP contribution in [-0.4, -0.2) is 57.9 Å². The Kier molecular flexibility index (Phi) is 5.14. The molecule has 0 unspecified atom stereocenters. The Balaban J connectivity index is 1.32. The summed E-state index contributed by atoms with van der Waals surface area (Å²) in [5.74, 6) is 0.378. The second-order valence-corrected chi connectivity index (χ2v) is 8.58. The van der Waals surface area contributed by atoms with Gasteiger partial charge in [-0.05, 0) is 50.3 Å². The van der Waals surface area contributed by atoms with Crippen molar-refractivity contribution in [3.8, 4) is 0 Å². The number of carbonyl (C=O) groups is 2. The molecule has 1 fully saturated rings. The molecule has 0 N–H and O–H groups in total. The molecule has 0 saturated carbocycles. The summed E-state index contributed by atoms with van der Waals surface area (Å²) in [6.07, 6.45) is 4.16. The van der Waals surface area contributed by atoms with E-state index in [0.29, 0.717) is 43.2 Å². The molecule has 5 rings (SSSR count). The number of fused-ring (bicyclic) bond motifs is 2. The van der Waals surface area contributed by atoms with Crippen molar-refractivity contribution >= 4 is 34.3 Å². The minimum Gasteiger partial charge on any atom is -0.361 e. The highest BCUT2D eigenvalue weighted by Gasteiger charge is 2.27. The van der Waals surface area contributed by atoms with Gasteiger partial charge in [0.2, 0.25) is 0 Å². The molecule has 1 aromatic carbocycles. The summed E-state index contributed by atoms with van der Waals surface area (Å²) in [6, 6.07) is 7.20. The van der Waals surface area contributed by atoms with Crippen molar-refractivity contribution in [2.75, 3.05) is 26.2 Å². The van der Waals surface area contributed by atoms with Crippen LogP contribution >= 0.6 is 11.6 Å². The third-order valence-corrected chi connectivity index (χ3v) is 6.57. The van der Waals surface area contributed by atoms with Crippen LogP contribution in [0.4, 0.5) is 0 Å². The van der Waals surface area contributed by atoms with Gasteiger partial charge >= 0.3 is 0 Å². The van der Waals surface area contributed by atoms with Crippen molar-refractivity contribution in [3.63, 3.8) is 0 Å². The van der Waals surface area contributed by atoms with Crippen LogP contribution in [0.15, 0.2) is 28.8 Å². The molecule has 3 heterocycles. The molecule has 0 spiro atoms. The third-order valence-electron chi connectivity index (χ3n) is 6.14. The van der Waals surface area contributed by atoms with E-state index in [1.165, 1.54) is 0 Å². The van der Waals surface area contributed by atoms with E-state index in [0.717, 1.165) is 52.9 Å². The summed E-state index contributed by atoms with van der Waals surface area (Å²) in [4.78, 5) is 33.9. The van der Waals surface area contributed by atoms with Crippen molar-refractivity contribution in [2.45, 2.75) is 32.6 Å². The first-order valence-electron chi connectivity index (χ1n) is 10.6. The standard InChI is InChI=1S/C23H23ClN4O3/c1-14-12-20(26-31-14)23(30)28-10-8-27(9-11-28)22(29)15-6-7-17-19(13-15)25-18-5-3-2-4-16(18)21(17)24/h6-7,12-13H,2-5,8-11H2,1H3. The van der Waals surface area contributed by atoms with Crippen molar-refractivity contribution in [3.05, 3.63) is 57.6 Å². The summed E-state index contributed by atoms with van der Waals surface area (Å²) < 4.78 is 4.99. The molecule has 0 bridgehead atoms. The molecular weight excluding hydrogens is 416 g/mol. The summed E-state index contributed by atoms with van der Waals surface area (Å²) in [7, 11) is 0. The molecule has 1 aliphatic heterocycles. The van der Waals surface area contributed by atoms with E-state index < -0.39 is 0 Å². The zero-order chi connectivity index (χ0) is 21.5. The Labute approximate surface area is 185 Å². The summed E-state index contributed by atoms with van der Waals surface area (Å²) in [5.41, 5.74) is 3.88. The highest BCUT2D eigenvalue weighted by atomic mass is 35.5. The monoisotopic (exact) mass is 438 g/mol. The van der Waals surface area contributed by atoms with Crippen LogP contribution in [-0.2, 0) is 12.8 Å². The van der Waals surface area contributed by atoms with Crippen molar-refractivity contribution in [1.29, 1.82) is 0 Å². The Bertz CT molecular complexity index is 1180. The predicted molar refractivity (Wildman–Crippen MR) is 116 cm³/mol. The lowest BCUT2D eigenvalue weighted by atomic mass is 9.94. The Morgan fingerprint density at radius 3 is 2.42 bits per heavy atom. The zero-order valence-electron chi connectivity index (χ0n) is 17.4. The third kappa shape index (κ3) is 3.67. The summed E-state index contributed by atoms with van der Waals surface area (Å²) in [6.45, 7) is 3.61. The highest BCUT2D eigenvalue weighted by Crippen LogP contribution is 2.33. The van der Waals surface area contributed by atoms with Crippen molar-refractivity contribution in [1.82, 2.24) is 19.9 Å². The van der Waals surface area contributed by atoms with Gasteiger partial charge in [-0.3, -0.25) is 14.6 Å². The quantitative estimate of drug-likeness (QED) is 0.610. The molecule has 8 heteroatoms. The van der Waals surface area contributed by atoms with E-state index in [2.05, 4.69) is 5.16 Å². The van der Waals surface area contributed by atoms with E-state index in [1.54, 1.807) is 22.8 Å². The Morgan fingerprint density at radius 2 is 1.71 bits per heavy atom. The second-order valence-electron chi connectivity index (χ2n) is 8.20. The van der Waals surface area contributed by atoms with Gasteiger partial charge in [-0.15, -0.1) is 0 Å². The maximum atomic E-state index is 13.1. The number of hydrogen-bond donors (Lipinski definition) is 0. The number of rotatable bonds is 2. The molecule has 2 amide bonds. The number of carbonyl (C=O) groups excluding carboxylic acids is 2. The van der Waals surface area contributed by atoms with Crippen LogP contribution in [0.5, 0.6) is 0 Å². The average Bonchev–Trinajstić information content (AvgIpc) is 3.24. The van der Waals surface area contributed by atoms with Gasteiger partial charge in [0, 0.05) is 48.9 Å². The lowest BCUT2D eigenvalue weighted by Crippen LogP contribution is -2.50. The number of aryl methyl sites for hydroxylation is 2. The van der Waals surface area contributed by atoms with Gasteiger partial charge in [-0.1, -0.05) is 22.8 Å². The average molecular weight is 439 g/mol. The molecule has 0 radical (unpaired) electrons. The fourth-order valence-corrected chi connectivity index (χ4v) is 4.79. The largest absolute Gasteiger partial charge is 0.361 e. The van der Waals surface area contributed by atoms with E-state index >= 15 is 0 Å². The van der Waals surface area contributed by atoms with Crippen molar-refractivity contribution in [2.24, 2.45) is 0 Å². The molecule has 31 heavy (non-hydrogen) atoms. The van der Waals surface area contributed by atoms with Gasteiger partial charge in [-0.25, -0.2) is 0 Å². The van der Waals surface area contributed by atoms with Crippen LogP contribution in [0.3, 0.4) is 0 Å². The fraction of sp³-hybridized carbons (Fsp3) is 0.391. The van der Waals surface area contributed by atoms with Crippen LogP contribution in [0.2, 0.25) is 5.02 Å². The highest BCUT2D eigenvalue weighted by molar-refractivity contribution is 6.36. The molecular formula is C23H23ClN4O3. The van der Waals surface area contributed by atoms with Crippen LogP contribution in [0, 0.1) is 6.92 Å². The lowest BCUT2D eigenvalue weighted by molar-refractivity contribution is 0.0530. The molecule has 1 saturated heterocycles. The smallest absolute Gasteiger partial charge is 0.276 e. The number of halogens is 1. The maximum Gasteiger partial charge on any atom is 0.276 e. The van der Waals surface area contributed by atoms with Gasteiger partial charge in [0.15, 0.2) is 5.69 Å². The number of pyridine rings is 1. The van der Waals surface area contributed by atoms with Crippen LogP contribution < -0.4 is 0 Å². The Hall–Kier alpha value is -2.93. The topological polar surface area (TPSA) is 79.5 Å². The number of nitrogens with zero attached hydrogens (tertiary/aromatic N) is 4. The number of amides is 2. The number of hydrogen-bond acceptors (Lipinski definition) is 5. The minimum absolute atomic E-state index is 0.0538. The number of piperazine rings is 1. The maximum absolute atomic E-state index is 13.1. The molecule has 2 aliphatic rings. The van der Waals surface area contributed by atoms with Crippen LogP contribution in [0.1, 0.15) is 50.7 Å². The fourth-order valence-electron chi connectivity index (χ4n) is 4.42. The van der Waals surface area contributed by atoms with Crippen molar-refractivity contribution < 1.29 is 14.1 Å². The van der Waals surface area contributed by atoms with Gasteiger partial charge in [0.1, 0.15) is 5.76 Å². The minimum atomic E-state index is -0.168. The molecule has 1 aliphatic carbocycles. The van der Waals surface area contributed by atoms with E-state index in [-0.39, 0.29) is 11.8 Å². The summed E-state index contributed by atoms with van der Waals surface area (Å²) >= 11 is 6.65. The molecule has 160 valence electrons. The predicted octanol–water partition coefficient (Wildman–Crippen LogP) is 3.66. The second kappa shape index (κ2) is 7.96. The first-order valence-corrected chi connectivity index (χ1v) is 11.0. The summed E-state index contributed by atoms with van der Waals surface area (Å²) in [5, 5.41) is 5.47. The normalized spacial score (nSPS) is 16.5. The molecule has 0 atom stereocenters. The number of benzene rings is 1. The van der Waals surface area contributed by atoms with Gasteiger partial charge in [-0.2, -0.15) is 0 Å². The van der Waals surface area contributed by atoms with E-state index in [4.69, 9.17) is 21.1 Å². The lowest BCUT2D eigenvalue weighted by Gasteiger charge is -2.34. The first kappa shape index (κ1) is 20.0. The molecule has 2 aromatic heterocycles. The van der Waals surface area contributed by atoms with E-state index in [1.807, 2.05) is 18.2 Å². The van der Waals surface area contributed by atoms with Gasteiger partial charge in [0.25, 0.3) is 11.8 Å². The van der Waals surface area contributed by atoms with Gasteiger partial charge < -0.3 is 14.3 Å². The zero-order valence-corrected chi connectivity index (χ0v) is 18.1. The molecule has 7 nitrogen and oxygen atoms in total. The number of aromatic nitrogens is 2. The van der Waals surface area contributed by atoms with E-state index in [9.17, 15) is 9.59 Å².